The minimum atomic E-state index is 0.474. The summed E-state index contributed by atoms with van der Waals surface area (Å²) in [6.07, 6.45) is 4.45. The Kier molecular flexibility index (Phi) is 5.02. The topological polar surface area (TPSA) is 22.1 Å². The molecule has 0 aliphatic heterocycles. The quantitative estimate of drug-likeness (QED) is 0.768. The van der Waals surface area contributed by atoms with Crippen LogP contribution in [-0.4, -0.2) is 11.6 Å². The molecule has 2 nitrogen and oxygen atoms in total. The van der Waals surface area contributed by atoms with Crippen LogP contribution in [0, 0.1) is 0 Å². The van der Waals surface area contributed by atoms with Gasteiger partial charge in [0.25, 0.3) is 0 Å². The predicted molar refractivity (Wildman–Crippen MR) is 77.1 cm³/mol. The molecule has 0 atom stereocenters. The summed E-state index contributed by atoms with van der Waals surface area (Å²) in [5, 5.41) is 0. The van der Waals surface area contributed by atoms with Gasteiger partial charge in [-0.2, -0.15) is 0 Å². The molecule has 4 heteroatoms. The van der Waals surface area contributed by atoms with E-state index in [0.717, 1.165) is 22.2 Å². The highest BCUT2D eigenvalue weighted by atomic mass is 79.9. The lowest BCUT2D eigenvalue weighted by Gasteiger charge is -2.08. The van der Waals surface area contributed by atoms with Crippen LogP contribution < -0.4 is 4.74 Å². The van der Waals surface area contributed by atoms with Gasteiger partial charge >= 0.3 is 0 Å². The zero-order valence-electron chi connectivity index (χ0n) is 9.77. The average Bonchev–Trinajstić information content (AvgIpc) is 2.42. The first-order chi connectivity index (χ1) is 8.79. The predicted octanol–water partition coefficient (Wildman–Crippen LogP) is 4.20. The minimum Gasteiger partial charge on any atom is -0.493 e. The van der Waals surface area contributed by atoms with Crippen LogP contribution in [0.5, 0.6) is 5.75 Å². The molecule has 2 aromatic rings. The molecule has 2 rings (SSSR count). The first-order valence-corrected chi connectivity index (χ1v) is 6.98. The summed E-state index contributed by atoms with van der Waals surface area (Å²) in [6.45, 7) is 0.646. The second-order valence-corrected chi connectivity index (χ2v) is 4.96. The lowest BCUT2D eigenvalue weighted by atomic mass is 10.2. The molecule has 0 fully saturated rings. The van der Waals surface area contributed by atoms with Crippen LogP contribution in [0.4, 0.5) is 0 Å². The number of hydrogen-bond donors (Lipinski definition) is 0. The van der Waals surface area contributed by atoms with Crippen LogP contribution in [-0.2, 0) is 12.3 Å². The van der Waals surface area contributed by atoms with Gasteiger partial charge in [-0.25, -0.2) is 0 Å². The Balaban J connectivity index is 1.91. The molecule has 1 aromatic carbocycles. The summed E-state index contributed by atoms with van der Waals surface area (Å²) in [6, 6.07) is 9.85. The Bertz CT molecular complexity index is 504. The molecule has 0 N–H and O–H groups in total. The van der Waals surface area contributed by atoms with Crippen molar-refractivity contribution in [2.45, 2.75) is 12.3 Å². The van der Waals surface area contributed by atoms with Crippen molar-refractivity contribution in [3.8, 4) is 5.75 Å². The second-order valence-electron chi connectivity index (χ2n) is 3.84. The number of halogens is 2. The molecule has 0 amide bonds. The van der Waals surface area contributed by atoms with E-state index < -0.39 is 0 Å². The van der Waals surface area contributed by atoms with Gasteiger partial charge in [-0.1, -0.05) is 15.9 Å². The van der Waals surface area contributed by atoms with E-state index in [0.29, 0.717) is 12.5 Å². The largest absolute Gasteiger partial charge is 0.493 e. The van der Waals surface area contributed by atoms with E-state index in [2.05, 4.69) is 20.9 Å². The highest BCUT2D eigenvalue weighted by molar-refractivity contribution is 9.10. The number of aromatic nitrogens is 1. The van der Waals surface area contributed by atoms with Crippen LogP contribution in [0.1, 0.15) is 11.1 Å². The number of rotatable bonds is 5. The van der Waals surface area contributed by atoms with Crippen molar-refractivity contribution in [1.29, 1.82) is 0 Å². The number of hydrogen-bond acceptors (Lipinski definition) is 2. The molecule has 0 saturated heterocycles. The third-order valence-corrected chi connectivity index (χ3v) is 3.63. The van der Waals surface area contributed by atoms with E-state index in [1.54, 1.807) is 12.4 Å². The zero-order chi connectivity index (χ0) is 12.8. The number of benzene rings is 1. The molecule has 0 unspecified atom stereocenters. The fourth-order valence-corrected chi connectivity index (χ4v) is 2.35. The SMILES string of the molecule is ClCc1cc(OCCc2ccncc2)ccc1Br. The Morgan fingerprint density at radius 1 is 1.17 bits per heavy atom. The first kappa shape index (κ1) is 13.4. The van der Waals surface area contributed by atoms with Crippen LogP contribution >= 0.6 is 27.5 Å². The van der Waals surface area contributed by atoms with Crippen molar-refractivity contribution < 1.29 is 4.74 Å². The van der Waals surface area contributed by atoms with E-state index >= 15 is 0 Å². The van der Waals surface area contributed by atoms with E-state index in [9.17, 15) is 0 Å². The van der Waals surface area contributed by atoms with Gasteiger partial charge in [0.1, 0.15) is 5.75 Å². The van der Waals surface area contributed by atoms with Crippen molar-refractivity contribution in [1.82, 2.24) is 4.98 Å². The zero-order valence-corrected chi connectivity index (χ0v) is 12.1. The summed E-state index contributed by atoms with van der Waals surface area (Å²) in [5.74, 6) is 1.32. The van der Waals surface area contributed by atoms with E-state index in [4.69, 9.17) is 16.3 Å². The fourth-order valence-electron chi connectivity index (χ4n) is 1.58. The molecule has 1 heterocycles. The van der Waals surface area contributed by atoms with E-state index in [1.165, 1.54) is 5.56 Å². The molecular formula is C14H13BrClNO. The summed E-state index contributed by atoms with van der Waals surface area (Å²) >= 11 is 9.29. The van der Waals surface area contributed by atoms with Gasteiger partial charge in [0.15, 0.2) is 0 Å². The Hall–Kier alpha value is -1.06. The lowest BCUT2D eigenvalue weighted by Crippen LogP contribution is -2.01. The maximum absolute atomic E-state index is 5.84. The normalized spacial score (nSPS) is 10.3. The highest BCUT2D eigenvalue weighted by Gasteiger charge is 2.01. The van der Waals surface area contributed by atoms with Gasteiger partial charge in [0.2, 0.25) is 0 Å². The fraction of sp³-hybridized carbons (Fsp3) is 0.214. The highest BCUT2D eigenvalue weighted by Crippen LogP contribution is 2.24. The summed E-state index contributed by atoms with van der Waals surface area (Å²) in [7, 11) is 0. The molecule has 94 valence electrons. The van der Waals surface area contributed by atoms with E-state index in [-0.39, 0.29) is 0 Å². The van der Waals surface area contributed by atoms with Crippen LogP contribution in [0.2, 0.25) is 0 Å². The van der Waals surface area contributed by atoms with Gasteiger partial charge in [-0.05, 0) is 41.5 Å². The van der Waals surface area contributed by atoms with Crippen LogP contribution in [0.3, 0.4) is 0 Å². The second kappa shape index (κ2) is 6.76. The van der Waals surface area contributed by atoms with Gasteiger partial charge in [0, 0.05) is 29.2 Å². The number of nitrogens with zero attached hydrogens (tertiary/aromatic N) is 1. The molecule has 0 spiro atoms. The van der Waals surface area contributed by atoms with Crippen molar-refractivity contribution in [2.24, 2.45) is 0 Å². The maximum Gasteiger partial charge on any atom is 0.119 e. The molecule has 0 aliphatic rings. The maximum atomic E-state index is 5.84. The summed E-state index contributed by atoms with van der Waals surface area (Å²) < 4.78 is 6.72. The summed E-state index contributed by atoms with van der Waals surface area (Å²) in [4.78, 5) is 3.98. The van der Waals surface area contributed by atoms with Crippen LogP contribution in [0.15, 0.2) is 47.2 Å². The minimum absolute atomic E-state index is 0.474. The first-order valence-electron chi connectivity index (χ1n) is 5.65. The molecule has 1 aromatic heterocycles. The lowest BCUT2D eigenvalue weighted by molar-refractivity contribution is 0.321. The van der Waals surface area contributed by atoms with Crippen LogP contribution in [0.25, 0.3) is 0 Å². The average molecular weight is 327 g/mol. The molecule has 0 radical (unpaired) electrons. The summed E-state index contributed by atoms with van der Waals surface area (Å²) in [5.41, 5.74) is 2.26. The third kappa shape index (κ3) is 3.72. The molecule has 0 saturated carbocycles. The van der Waals surface area contributed by atoms with Gasteiger partial charge in [0.05, 0.1) is 6.61 Å². The monoisotopic (exact) mass is 325 g/mol. The number of pyridine rings is 1. The molecule has 0 bridgehead atoms. The smallest absolute Gasteiger partial charge is 0.119 e. The molecule has 0 aliphatic carbocycles. The number of alkyl halides is 1. The third-order valence-electron chi connectivity index (χ3n) is 2.57. The van der Waals surface area contributed by atoms with Crippen molar-refractivity contribution in [3.05, 3.63) is 58.3 Å². The Morgan fingerprint density at radius 3 is 2.67 bits per heavy atom. The number of ether oxygens (including phenoxy) is 1. The van der Waals surface area contributed by atoms with E-state index in [1.807, 2.05) is 30.3 Å². The van der Waals surface area contributed by atoms with Crippen molar-refractivity contribution in [3.63, 3.8) is 0 Å². The van der Waals surface area contributed by atoms with Gasteiger partial charge in [-0.3, -0.25) is 4.98 Å². The molecular weight excluding hydrogens is 314 g/mol. The standard InChI is InChI=1S/C14H13BrClNO/c15-14-2-1-13(9-12(14)10-16)18-8-5-11-3-6-17-7-4-11/h1-4,6-7,9H,5,8,10H2. The van der Waals surface area contributed by atoms with Crippen molar-refractivity contribution in [2.75, 3.05) is 6.61 Å². The molecule has 18 heavy (non-hydrogen) atoms. The Morgan fingerprint density at radius 2 is 1.94 bits per heavy atom. The van der Waals surface area contributed by atoms with Gasteiger partial charge in [-0.15, -0.1) is 11.6 Å². The van der Waals surface area contributed by atoms with Gasteiger partial charge < -0.3 is 4.74 Å². The Labute approximate surface area is 120 Å². The van der Waals surface area contributed by atoms with Crippen molar-refractivity contribution >= 4 is 27.5 Å².